The summed E-state index contributed by atoms with van der Waals surface area (Å²) in [5.74, 6) is -0.00746. The predicted molar refractivity (Wildman–Crippen MR) is 116 cm³/mol. The average Bonchev–Trinajstić information content (AvgIpc) is 3.16. The highest BCUT2D eigenvalue weighted by Crippen LogP contribution is 2.26. The summed E-state index contributed by atoms with van der Waals surface area (Å²) in [4.78, 5) is 21.2. The largest absolute Gasteiger partial charge is 0.382 e. The van der Waals surface area contributed by atoms with Gasteiger partial charge in [0.1, 0.15) is 16.2 Å². The molecule has 0 aliphatic heterocycles. The molecule has 2 aromatic heterocycles. The van der Waals surface area contributed by atoms with Crippen molar-refractivity contribution in [1.29, 1.82) is 0 Å². The van der Waals surface area contributed by atoms with Gasteiger partial charge in [0.15, 0.2) is 0 Å². The first-order valence-electron chi connectivity index (χ1n) is 9.08. The number of anilines is 2. The van der Waals surface area contributed by atoms with E-state index in [1.165, 1.54) is 56.1 Å². The van der Waals surface area contributed by atoms with Crippen LogP contribution >= 0.6 is 22.9 Å². The average molecular weight is 423 g/mol. The summed E-state index contributed by atoms with van der Waals surface area (Å²) in [5, 5.41) is 4.93. The van der Waals surface area contributed by atoms with Crippen LogP contribution in [-0.2, 0) is 0 Å². The van der Waals surface area contributed by atoms with Crippen molar-refractivity contribution in [3.8, 4) is 0 Å². The number of aromatic nitrogens is 2. The zero-order valence-corrected chi connectivity index (χ0v) is 17.3. The summed E-state index contributed by atoms with van der Waals surface area (Å²) in [6.45, 7) is 0. The number of benzene rings is 1. The number of halogens is 2. The minimum Gasteiger partial charge on any atom is -0.382 e. The fraction of sp³-hybridized carbons (Fsp3) is 0.350. The Kier molecular flexibility index (Phi) is 9.10. The monoisotopic (exact) mass is 422 g/mol. The van der Waals surface area contributed by atoms with Gasteiger partial charge in [0.25, 0.3) is 5.91 Å². The SMILES string of the molecule is C1CCCCC1.CF.Nc1cnc2scc(C(=O)Nc3ccccc3Cl)c2n1. The van der Waals surface area contributed by atoms with Gasteiger partial charge in [-0.2, -0.15) is 0 Å². The molecule has 2 heterocycles. The molecule has 4 rings (SSSR count). The fourth-order valence-corrected chi connectivity index (χ4v) is 3.81. The van der Waals surface area contributed by atoms with Crippen molar-refractivity contribution in [2.24, 2.45) is 0 Å². The maximum atomic E-state index is 12.3. The Labute approximate surface area is 173 Å². The third-order valence-electron chi connectivity index (χ3n) is 4.17. The lowest BCUT2D eigenvalue weighted by molar-refractivity contribution is 0.102. The zero-order chi connectivity index (χ0) is 20.4. The van der Waals surface area contributed by atoms with E-state index in [4.69, 9.17) is 17.3 Å². The van der Waals surface area contributed by atoms with Gasteiger partial charge in [0, 0.05) is 5.38 Å². The topological polar surface area (TPSA) is 80.9 Å². The van der Waals surface area contributed by atoms with Gasteiger partial charge in [-0.1, -0.05) is 62.3 Å². The van der Waals surface area contributed by atoms with Crippen LogP contribution in [0, 0.1) is 0 Å². The van der Waals surface area contributed by atoms with Gasteiger partial charge in [-0.3, -0.25) is 9.18 Å². The number of alkyl halides is 1. The second kappa shape index (κ2) is 11.6. The van der Waals surface area contributed by atoms with E-state index in [0.717, 1.165) is 0 Å². The summed E-state index contributed by atoms with van der Waals surface area (Å²) in [6.07, 6.45) is 10.5. The number of nitrogens with one attached hydrogen (secondary N) is 1. The Balaban J connectivity index is 0.000000296. The maximum absolute atomic E-state index is 12.3. The Bertz CT molecular complexity index is 887. The first-order valence-corrected chi connectivity index (χ1v) is 10.3. The molecule has 3 N–H and O–H groups in total. The third-order valence-corrected chi connectivity index (χ3v) is 5.37. The Morgan fingerprint density at radius 1 is 1.14 bits per heavy atom. The van der Waals surface area contributed by atoms with Crippen LogP contribution < -0.4 is 11.1 Å². The molecule has 0 atom stereocenters. The first kappa shape index (κ1) is 22.0. The fourth-order valence-electron chi connectivity index (χ4n) is 2.80. The number of para-hydroxylation sites is 1. The van der Waals surface area contributed by atoms with Gasteiger partial charge in [0.05, 0.1) is 29.6 Å². The molecule has 1 aromatic carbocycles. The molecule has 150 valence electrons. The molecule has 1 aliphatic rings. The number of carbonyl (C=O) groups excluding carboxylic acids is 1. The van der Waals surface area contributed by atoms with Crippen LogP contribution in [0.4, 0.5) is 15.9 Å². The Hall–Kier alpha value is -2.25. The van der Waals surface area contributed by atoms with E-state index < -0.39 is 0 Å². The maximum Gasteiger partial charge on any atom is 0.258 e. The third kappa shape index (κ3) is 6.14. The van der Waals surface area contributed by atoms with Crippen molar-refractivity contribution < 1.29 is 9.18 Å². The second-order valence-electron chi connectivity index (χ2n) is 6.15. The van der Waals surface area contributed by atoms with Gasteiger partial charge >= 0.3 is 0 Å². The Morgan fingerprint density at radius 3 is 2.36 bits per heavy atom. The lowest BCUT2D eigenvalue weighted by Crippen LogP contribution is -2.12. The van der Waals surface area contributed by atoms with Crippen LogP contribution in [0.25, 0.3) is 10.3 Å². The molecule has 1 aliphatic carbocycles. The van der Waals surface area contributed by atoms with E-state index in [1.54, 1.807) is 29.6 Å². The Morgan fingerprint density at radius 2 is 1.75 bits per heavy atom. The standard InChI is InChI=1S/C13H9ClN4OS.C6H12.CH3F/c14-8-3-1-2-4-9(8)17-12(19)7-6-20-13-11(7)18-10(15)5-16-13;1-2-4-6-5-3-1;1-2/h1-6H,(H2,15,18)(H,17,19);1-6H2;1H3. The van der Waals surface area contributed by atoms with E-state index in [1.807, 2.05) is 0 Å². The molecule has 0 saturated heterocycles. The van der Waals surface area contributed by atoms with Crippen molar-refractivity contribution in [3.05, 3.63) is 46.4 Å². The van der Waals surface area contributed by atoms with Crippen molar-refractivity contribution in [2.75, 3.05) is 18.2 Å². The van der Waals surface area contributed by atoms with Crippen molar-refractivity contribution in [2.45, 2.75) is 38.5 Å². The van der Waals surface area contributed by atoms with Crippen molar-refractivity contribution in [3.63, 3.8) is 0 Å². The van der Waals surface area contributed by atoms with Crippen LogP contribution in [0.3, 0.4) is 0 Å². The number of hydrogen-bond acceptors (Lipinski definition) is 5. The highest BCUT2D eigenvalue weighted by molar-refractivity contribution is 7.17. The van der Waals surface area contributed by atoms with E-state index >= 15 is 0 Å². The predicted octanol–water partition coefficient (Wildman–Crippen LogP) is 6.11. The van der Waals surface area contributed by atoms with Crippen LogP contribution in [0.1, 0.15) is 48.9 Å². The van der Waals surface area contributed by atoms with E-state index in [9.17, 15) is 9.18 Å². The summed E-state index contributed by atoms with van der Waals surface area (Å²) in [7, 11) is 0.500. The molecule has 28 heavy (non-hydrogen) atoms. The number of rotatable bonds is 2. The number of fused-ring (bicyclic) bond motifs is 1. The van der Waals surface area contributed by atoms with Crippen LogP contribution in [0.5, 0.6) is 0 Å². The summed E-state index contributed by atoms with van der Waals surface area (Å²) < 4.78 is 9.50. The lowest BCUT2D eigenvalue weighted by atomic mass is 10.0. The number of nitrogens with two attached hydrogens (primary N) is 1. The minimum absolute atomic E-state index is 0.280. The number of amides is 1. The summed E-state index contributed by atoms with van der Waals surface area (Å²) in [5.41, 5.74) is 7.09. The highest BCUT2D eigenvalue weighted by Gasteiger charge is 2.15. The molecule has 1 amide bonds. The lowest BCUT2D eigenvalue weighted by Gasteiger charge is -2.05. The molecule has 0 bridgehead atoms. The zero-order valence-electron chi connectivity index (χ0n) is 15.8. The van der Waals surface area contributed by atoms with Gasteiger partial charge in [0.2, 0.25) is 0 Å². The van der Waals surface area contributed by atoms with Crippen molar-refractivity contribution in [1.82, 2.24) is 9.97 Å². The molecule has 5 nitrogen and oxygen atoms in total. The molecule has 0 unspecified atom stereocenters. The molecular weight excluding hydrogens is 399 g/mol. The molecule has 0 radical (unpaired) electrons. The van der Waals surface area contributed by atoms with Gasteiger partial charge in [-0.25, -0.2) is 9.97 Å². The van der Waals surface area contributed by atoms with Crippen LogP contribution in [0.2, 0.25) is 5.02 Å². The second-order valence-corrected chi connectivity index (χ2v) is 7.42. The summed E-state index contributed by atoms with van der Waals surface area (Å²) >= 11 is 7.36. The number of thiophene rings is 1. The van der Waals surface area contributed by atoms with Gasteiger partial charge < -0.3 is 11.1 Å². The van der Waals surface area contributed by atoms with E-state index in [0.29, 0.717) is 33.8 Å². The molecule has 1 fully saturated rings. The van der Waals surface area contributed by atoms with Crippen LogP contribution in [-0.4, -0.2) is 23.1 Å². The highest BCUT2D eigenvalue weighted by atomic mass is 35.5. The number of carbonyl (C=O) groups is 1. The van der Waals surface area contributed by atoms with Gasteiger partial charge in [-0.15, -0.1) is 11.3 Å². The molecule has 1 saturated carbocycles. The minimum atomic E-state index is -0.288. The molecule has 8 heteroatoms. The number of hydrogen-bond donors (Lipinski definition) is 2. The number of nitrogens with zero attached hydrogens (tertiary/aromatic N) is 2. The van der Waals surface area contributed by atoms with Gasteiger partial charge in [-0.05, 0) is 12.1 Å². The van der Waals surface area contributed by atoms with Crippen molar-refractivity contribution >= 4 is 50.7 Å². The molecular formula is C20H24ClFN4OS. The normalized spacial score (nSPS) is 13.0. The number of nitrogen functional groups attached to an aromatic ring is 1. The van der Waals surface area contributed by atoms with E-state index in [-0.39, 0.29) is 11.7 Å². The molecule has 0 spiro atoms. The molecule has 3 aromatic rings. The first-order chi connectivity index (χ1) is 13.6. The quantitative estimate of drug-likeness (QED) is 0.522. The smallest absolute Gasteiger partial charge is 0.258 e. The van der Waals surface area contributed by atoms with E-state index in [2.05, 4.69) is 15.3 Å². The summed E-state index contributed by atoms with van der Waals surface area (Å²) in [6, 6.07) is 7.03. The van der Waals surface area contributed by atoms with Crippen LogP contribution in [0.15, 0.2) is 35.8 Å².